The Balaban J connectivity index is 1.68. The number of likely N-dealkylation sites (tertiary alicyclic amines) is 1. The van der Waals surface area contributed by atoms with Gasteiger partial charge in [-0.25, -0.2) is 0 Å². The van der Waals surface area contributed by atoms with Gasteiger partial charge in [-0.3, -0.25) is 9.48 Å². The van der Waals surface area contributed by atoms with Gasteiger partial charge in [0.2, 0.25) is 0 Å². The van der Waals surface area contributed by atoms with E-state index in [-0.39, 0.29) is 11.9 Å². The van der Waals surface area contributed by atoms with Gasteiger partial charge in [-0.2, -0.15) is 5.10 Å². The van der Waals surface area contributed by atoms with E-state index in [1.165, 1.54) is 0 Å². The molecular weight excluding hydrogens is 282 g/mol. The summed E-state index contributed by atoms with van der Waals surface area (Å²) in [5.74, 6) is 0.0198. The van der Waals surface area contributed by atoms with Crippen LogP contribution in [0.4, 0.5) is 0 Å². The first-order valence-corrected chi connectivity index (χ1v) is 8.18. The monoisotopic (exact) mass is 307 g/mol. The highest BCUT2D eigenvalue weighted by Gasteiger charge is 2.44. The Labute approximate surface area is 131 Å². The number of carbonyl (C=O) groups is 1. The van der Waals surface area contributed by atoms with Crippen LogP contribution < -0.4 is 0 Å². The molecule has 3 rings (SSSR count). The first-order chi connectivity index (χ1) is 10.5. The lowest BCUT2D eigenvalue weighted by atomic mass is 9.82. The van der Waals surface area contributed by atoms with E-state index in [4.69, 9.17) is 4.74 Å². The van der Waals surface area contributed by atoms with E-state index in [0.29, 0.717) is 38.2 Å². The minimum absolute atomic E-state index is 0.0198. The Morgan fingerprint density at radius 3 is 2.82 bits per heavy atom. The third kappa shape index (κ3) is 2.65. The summed E-state index contributed by atoms with van der Waals surface area (Å²) in [5, 5.41) is 14.5. The molecule has 0 bridgehead atoms. The number of aliphatic hydroxyl groups is 1. The van der Waals surface area contributed by atoms with Gasteiger partial charge in [0.1, 0.15) is 5.69 Å². The van der Waals surface area contributed by atoms with Crippen LogP contribution in [0.3, 0.4) is 0 Å². The van der Waals surface area contributed by atoms with Crippen molar-refractivity contribution in [3.8, 4) is 0 Å². The lowest BCUT2D eigenvalue weighted by Gasteiger charge is -2.46. The van der Waals surface area contributed by atoms with Crippen molar-refractivity contribution in [1.29, 1.82) is 0 Å². The minimum atomic E-state index is -0.437. The molecule has 22 heavy (non-hydrogen) atoms. The smallest absolute Gasteiger partial charge is 0.272 e. The Bertz CT molecular complexity index is 532. The van der Waals surface area contributed by atoms with Gasteiger partial charge in [0.25, 0.3) is 5.91 Å². The van der Waals surface area contributed by atoms with Crippen LogP contribution in [-0.2, 0) is 4.74 Å². The molecule has 1 aromatic rings. The zero-order valence-electron chi connectivity index (χ0n) is 13.4. The normalized spacial score (nSPS) is 24.9. The topological polar surface area (TPSA) is 67.6 Å². The molecule has 1 atom stereocenters. The average molecular weight is 307 g/mol. The zero-order valence-corrected chi connectivity index (χ0v) is 13.4. The molecule has 0 aromatic carbocycles. The second-order valence-corrected chi connectivity index (χ2v) is 6.62. The molecule has 1 spiro atoms. The van der Waals surface area contributed by atoms with Gasteiger partial charge < -0.3 is 14.7 Å². The third-order valence-corrected chi connectivity index (χ3v) is 4.89. The first kappa shape index (κ1) is 15.5. The van der Waals surface area contributed by atoms with Gasteiger partial charge >= 0.3 is 0 Å². The average Bonchev–Trinajstić information content (AvgIpc) is 3.00. The lowest BCUT2D eigenvalue weighted by Crippen LogP contribution is -2.56. The molecule has 0 unspecified atom stereocenters. The van der Waals surface area contributed by atoms with Crippen molar-refractivity contribution in [1.82, 2.24) is 14.7 Å². The molecule has 0 aliphatic carbocycles. The molecule has 0 radical (unpaired) electrons. The number of aromatic nitrogens is 2. The first-order valence-electron chi connectivity index (χ1n) is 8.18. The van der Waals surface area contributed by atoms with Gasteiger partial charge in [0.05, 0.1) is 11.7 Å². The number of aliphatic hydroxyl groups excluding tert-OH is 1. The van der Waals surface area contributed by atoms with Crippen molar-refractivity contribution in [2.75, 3.05) is 19.7 Å². The number of piperidine rings is 1. The van der Waals surface area contributed by atoms with E-state index < -0.39 is 11.7 Å². The number of nitrogens with zero attached hydrogens (tertiary/aromatic N) is 3. The fraction of sp³-hybridized carbons (Fsp3) is 0.750. The summed E-state index contributed by atoms with van der Waals surface area (Å²) >= 11 is 0. The predicted molar refractivity (Wildman–Crippen MR) is 81.7 cm³/mol. The van der Waals surface area contributed by atoms with Gasteiger partial charge in [-0.05, 0) is 45.6 Å². The Kier molecular flexibility index (Phi) is 4.23. The molecule has 1 amide bonds. The standard InChI is InChI=1S/C16H25N3O3/c1-12(2)19-13(5-8-17-19)15(21)18-9-6-16(7-10-18)14(20)4-3-11-22-16/h5,8,12,14,20H,3-4,6-7,9-11H2,1-2H3/t14-/m1/s1. The molecule has 0 saturated carbocycles. The van der Waals surface area contributed by atoms with E-state index in [1.807, 2.05) is 18.7 Å². The van der Waals surface area contributed by atoms with Gasteiger partial charge in [0.15, 0.2) is 0 Å². The maximum Gasteiger partial charge on any atom is 0.272 e. The summed E-state index contributed by atoms with van der Waals surface area (Å²) in [6.07, 6.45) is 4.39. The number of carbonyl (C=O) groups excluding carboxylic acids is 1. The Morgan fingerprint density at radius 2 is 2.18 bits per heavy atom. The molecule has 6 nitrogen and oxygen atoms in total. The summed E-state index contributed by atoms with van der Waals surface area (Å²) in [6, 6.07) is 1.94. The van der Waals surface area contributed by atoms with Crippen LogP contribution in [0.5, 0.6) is 0 Å². The molecule has 2 aliphatic heterocycles. The Hall–Kier alpha value is -1.40. The summed E-state index contributed by atoms with van der Waals surface area (Å²) < 4.78 is 7.66. The largest absolute Gasteiger partial charge is 0.390 e. The van der Waals surface area contributed by atoms with Crippen molar-refractivity contribution >= 4 is 5.91 Å². The Morgan fingerprint density at radius 1 is 1.45 bits per heavy atom. The maximum atomic E-state index is 12.7. The van der Waals surface area contributed by atoms with Crippen LogP contribution in [0.2, 0.25) is 0 Å². The highest BCUT2D eigenvalue weighted by Crippen LogP contribution is 2.35. The fourth-order valence-corrected chi connectivity index (χ4v) is 3.53. The zero-order chi connectivity index (χ0) is 15.7. The molecular formula is C16H25N3O3. The third-order valence-electron chi connectivity index (χ3n) is 4.89. The van der Waals surface area contributed by atoms with Crippen molar-refractivity contribution in [2.45, 2.75) is 57.3 Å². The van der Waals surface area contributed by atoms with Crippen molar-refractivity contribution in [2.24, 2.45) is 0 Å². The van der Waals surface area contributed by atoms with Crippen LogP contribution in [0.15, 0.2) is 12.3 Å². The number of amides is 1. The van der Waals surface area contributed by atoms with Crippen molar-refractivity contribution in [3.63, 3.8) is 0 Å². The second kappa shape index (κ2) is 6.01. The van der Waals surface area contributed by atoms with Crippen molar-refractivity contribution < 1.29 is 14.6 Å². The van der Waals surface area contributed by atoms with Crippen LogP contribution in [0.1, 0.15) is 56.1 Å². The van der Waals surface area contributed by atoms with Gasteiger partial charge in [0, 0.05) is 31.9 Å². The second-order valence-electron chi connectivity index (χ2n) is 6.62. The van der Waals surface area contributed by atoms with Gasteiger partial charge in [-0.15, -0.1) is 0 Å². The predicted octanol–water partition coefficient (Wildman–Crippen LogP) is 1.61. The number of rotatable bonds is 2. The van der Waals surface area contributed by atoms with E-state index in [1.54, 1.807) is 16.9 Å². The van der Waals surface area contributed by atoms with Crippen LogP contribution in [0.25, 0.3) is 0 Å². The molecule has 2 saturated heterocycles. The summed E-state index contributed by atoms with van der Waals surface area (Å²) in [6.45, 7) is 5.99. The van der Waals surface area contributed by atoms with Gasteiger partial charge in [-0.1, -0.05) is 0 Å². The summed E-state index contributed by atoms with van der Waals surface area (Å²) in [7, 11) is 0. The molecule has 1 aromatic heterocycles. The number of hydrogen-bond donors (Lipinski definition) is 1. The fourth-order valence-electron chi connectivity index (χ4n) is 3.53. The highest BCUT2D eigenvalue weighted by molar-refractivity contribution is 5.92. The molecule has 122 valence electrons. The van der Waals surface area contributed by atoms with Crippen molar-refractivity contribution in [3.05, 3.63) is 18.0 Å². The van der Waals surface area contributed by atoms with Crippen LogP contribution >= 0.6 is 0 Å². The highest BCUT2D eigenvalue weighted by atomic mass is 16.5. The maximum absolute atomic E-state index is 12.7. The molecule has 6 heteroatoms. The lowest BCUT2D eigenvalue weighted by molar-refractivity contribution is -0.174. The van der Waals surface area contributed by atoms with Crippen LogP contribution in [-0.4, -0.2) is 57.1 Å². The molecule has 2 aliphatic rings. The molecule has 3 heterocycles. The number of ether oxygens (including phenoxy) is 1. The summed E-state index contributed by atoms with van der Waals surface area (Å²) in [4.78, 5) is 14.6. The van der Waals surface area contributed by atoms with E-state index in [9.17, 15) is 9.90 Å². The van der Waals surface area contributed by atoms with E-state index in [0.717, 1.165) is 12.8 Å². The SMILES string of the molecule is CC(C)n1nccc1C(=O)N1CCC2(CC1)OCCC[C@H]2O. The van der Waals surface area contributed by atoms with E-state index in [2.05, 4.69) is 5.10 Å². The number of hydrogen-bond acceptors (Lipinski definition) is 4. The summed E-state index contributed by atoms with van der Waals surface area (Å²) in [5.41, 5.74) is 0.198. The molecule has 1 N–H and O–H groups in total. The molecule has 2 fully saturated rings. The minimum Gasteiger partial charge on any atom is -0.390 e. The van der Waals surface area contributed by atoms with Crippen LogP contribution in [0, 0.1) is 0 Å². The quantitative estimate of drug-likeness (QED) is 0.901. The van der Waals surface area contributed by atoms with E-state index >= 15 is 0 Å².